The Morgan fingerprint density at radius 1 is 0.479 bits per heavy atom. The third-order valence-corrected chi connectivity index (χ3v) is 9.52. The predicted octanol–water partition coefficient (Wildman–Crippen LogP) is 13.0. The van der Waals surface area contributed by atoms with Crippen LogP contribution in [0.4, 0.5) is 17.1 Å². The fraction of sp³-hybridized carbons (Fsp3) is 0.0435. The second-order valence-electron chi connectivity index (χ2n) is 12.4. The average molecular weight is 616 g/mol. The molecule has 2 nitrogen and oxygen atoms in total. The van der Waals surface area contributed by atoms with Gasteiger partial charge in [-0.15, -0.1) is 0 Å². The largest absolute Gasteiger partial charge is 0.455 e. The van der Waals surface area contributed by atoms with Crippen molar-refractivity contribution < 1.29 is 4.42 Å². The third kappa shape index (κ3) is 4.90. The van der Waals surface area contributed by atoms with Crippen LogP contribution in [0.3, 0.4) is 0 Å². The molecule has 1 heterocycles. The minimum atomic E-state index is 0.920. The Kier molecular flexibility index (Phi) is 6.98. The maximum Gasteiger partial charge on any atom is 0.143 e. The molecule has 7 aromatic carbocycles. The number of hydrogen-bond acceptors (Lipinski definition) is 2. The normalized spacial score (nSPS) is 12.3. The Bertz CT molecular complexity index is 2380. The van der Waals surface area contributed by atoms with Gasteiger partial charge in [-0.1, -0.05) is 133 Å². The minimum Gasteiger partial charge on any atom is -0.455 e. The van der Waals surface area contributed by atoms with Gasteiger partial charge in [0.05, 0.1) is 0 Å². The van der Waals surface area contributed by atoms with Gasteiger partial charge in [-0.05, 0) is 94.3 Å². The van der Waals surface area contributed by atoms with Crippen molar-refractivity contribution in [2.45, 2.75) is 12.8 Å². The summed E-state index contributed by atoms with van der Waals surface area (Å²) in [6.45, 7) is 0. The highest BCUT2D eigenvalue weighted by Gasteiger charge is 2.24. The third-order valence-electron chi connectivity index (χ3n) is 9.52. The van der Waals surface area contributed by atoms with Gasteiger partial charge in [-0.25, -0.2) is 0 Å². The van der Waals surface area contributed by atoms with Crippen molar-refractivity contribution in [2.24, 2.45) is 0 Å². The van der Waals surface area contributed by atoms with E-state index >= 15 is 0 Å². The number of nitrogens with zero attached hydrogens (tertiary/aromatic N) is 1. The maximum atomic E-state index is 6.52. The molecular formula is C46H33NO. The number of furan rings is 1. The molecule has 0 N–H and O–H groups in total. The van der Waals surface area contributed by atoms with E-state index in [4.69, 9.17) is 4.42 Å². The fourth-order valence-electron chi connectivity index (χ4n) is 7.28. The van der Waals surface area contributed by atoms with Crippen LogP contribution in [-0.2, 0) is 6.42 Å². The van der Waals surface area contributed by atoms with Crippen molar-refractivity contribution in [3.63, 3.8) is 0 Å². The Labute approximate surface area is 280 Å². The summed E-state index contributed by atoms with van der Waals surface area (Å²) in [6.07, 6.45) is 6.58. The summed E-state index contributed by atoms with van der Waals surface area (Å²) in [5.74, 6) is 0. The Morgan fingerprint density at radius 3 is 1.85 bits per heavy atom. The lowest BCUT2D eigenvalue weighted by atomic mass is 9.87. The number of hydrogen-bond donors (Lipinski definition) is 0. The van der Waals surface area contributed by atoms with Crippen LogP contribution in [0.25, 0.3) is 61.4 Å². The van der Waals surface area contributed by atoms with Gasteiger partial charge in [0.2, 0.25) is 0 Å². The van der Waals surface area contributed by atoms with E-state index in [0.29, 0.717) is 0 Å². The van der Waals surface area contributed by atoms with Crippen LogP contribution in [0.5, 0.6) is 0 Å². The molecule has 0 saturated heterocycles. The van der Waals surface area contributed by atoms with Gasteiger partial charge in [0, 0.05) is 33.4 Å². The molecule has 48 heavy (non-hydrogen) atoms. The summed E-state index contributed by atoms with van der Waals surface area (Å²) in [7, 11) is 0. The van der Waals surface area contributed by atoms with Crippen LogP contribution in [0.1, 0.15) is 17.5 Å². The molecule has 228 valence electrons. The van der Waals surface area contributed by atoms with Gasteiger partial charge in [-0.2, -0.15) is 0 Å². The number of para-hydroxylation sites is 3. The molecule has 0 radical (unpaired) electrons. The molecule has 0 bridgehead atoms. The molecule has 1 aliphatic carbocycles. The van der Waals surface area contributed by atoms with Crippen molar-refractivity contribution in [1.29, 1.82) is 0 Å². The smallest absolute Gasteiger partial charge is 0.143 e. The van der Waals surface area contributed by atoms with Gasteiger partial charge < -0.3 is 9.32 Å². The highest BCUT2D eigenvalue weighted by molar-refractivity contribution is 6.10. The number of allylic oxidation sites excluding steroid dienone is 1. The van der Waals surface area contributed by atoms with E-state index in [0.717, 1.165) is 51.7 Å². The van der Waals surface area contributed by atoms with Crippen molar-refractivity contribution in [3.8, 4) is 33.4 Å². The monoisotopic (exact) mass is 615 g/mol. The summed E-state index contributed by atoms with van der Waals surface area (Å²) < 4.78 is 6.52. The zero-order valence-corrected chi connectivity index (χ0v) is 26.5. The van der Waals surface area contributed by atoms with E-state index in [1.54, 1.807) is 0 Å². The van der Waals surface area contributed by atoms with Crippen molar-refractivity contribution in [1.82, 2.24) is 0 Å². The number of anilines is 3. The first kappa shape index (κ1) is 28.1. The van der Waals surface area contributed by atoms with Gasteiger partial charge in [-0.3, -0.25) is 0 Å². The maximum absolute atomic E-state index is 6.52. The van der Waals surface area contributed by atoms with Gasteiger partial charge in [0.1, 0.15) is 11.2 Å². The van der Waals surface area contributed by atoms with Crippen LogP contribution in [0, 0.1) is 0 Å². The van der Waals surface area contributed by atoms with Gasteiger partial charge >= 0.3 is 0 Å². The summed E-state index contributed by atoms with van der Waals surface area (Å²) >= 11 is 0. The Hall–Kier alpha value is -6.12. The van der Waals surface area contributed by atoms with Crippen LogP contribution in [0.2, 0.25) is 0 Å². The molecule has 1 aromatic heterocycles. The van der Waals surface area contributed by atoms with Gasteiger partial charge in [0.15, 0.2) is 0 Å². The van der Waals surface area contributed by atoms with Crippen molar-refractivity contribution >= 4 is 45.1 Å². The first-order valence-electron chi connectivity index (χ1n) is 16.7. The topological polar surface area (TPSA) is 16.4 Å². The van der Waals surface area contributed by atoms with Gasteiger partial charge in [0.25, 0.3) is 0 Å². The molecule has 0 aliphatic heterocycles. The zero-order valence-electron chi connectivity index (χ0n) is 26.5. The highest BCUT2D eigenvalue weighted by Crippen LogP contribution is 2.46. The fourth-order valence-corrected chi connectivity index (χ4v) is 7.28. The first-order valence-corrected chi connectivity index (χ1v) is 16.7. The summed E-state index contributed by atoms with van der Waals surface area (Å²) in [6, 6.07) is 58.6. The number of fused-ring (bicyclic) bond motifs is 4. The molecule has 0 fully saturated rings. The Morgan fingerprint density at radius 2 is 1.12 bits per heavy atom. The molecule has 9 rings (SSSR count). The number of benzene rings is 7. The second-order valence-corrected chi connectivity index (χ2v) is 12.4. The van der Waals surface area contributed by atoms with E-state index in [1.165, 1.54) is 44.6 Å². The molecule has 0 amide bonds. The van der Waals surface area contributed by atoms with Crippen LogP contribution in [-0.4, -0.2) is 0 Å². The SMILES string of the molecule is C1=Cc2c(-c3cccc4c3oc3ccccc34)ccc(N(c3ccccc3)c3cc(-c4ccccc4)cc(-c4ccccc4)c3)c2CC1. The first-order chi connectivity index (χ1) is 23.8. The van der Waals surface area contributed by atoms with E-state index < -0.39 is 0 Å². The standard InChI is InChI=1S/C46H33NO/c1-4-15-32(16-5-1)34-29-35(33-17-6-2-7-18-33)31-37(30-34)47(36-19-8-3-9-20-36)44-28-27-39(38-21-10-11-22-40(38)44)42-24-14-25-43-41-23-12-13-26-45(41)48-46(42)43/h1-10,12-21,23-31H,11,22H2. The lowest BCUT2D eigenvalue weighted by Crippen LogP contribution is -2.14. The van der Waals surface area contributed by atoms with Crippen molar-refractivity contribution in [2.75, 3.05) is 4.90 Å². The quantitative estimate of drug-likeness (QED) is 0.185. The second kappa shape index (κ2) is 11.9. The highest BCUT2D eigenvalue weighted by atomic mass is 16.3. The van der Waals surface area contributed by atoms with E-state index in [2.05, 4.69) is 175 Å². The van der Waals surface area contributed by atoms with Crippen LogP contribution >= 0.6 is 0 Å². The lowest BCUT2D eigenvalue weighted by molar-refractivity contribution is 0.670. The average Bonchev–Trinajstić information content (AvgIpc) is 3.55. The molecule has 0 saturated carbocycles. The number of rotatable bonds is 6. The molecule has 2 heteroatoms. The molecule has 1 aliphatic rings. The molecule has 8 aromatic rings. The van der Waals surface area contributed by atoms with E-state index in [9.17, 15) is 0 Å². The minimum absolute atomic E-state index is 0.920. The Balaban J connectivity index is 1.28. The summed E-state index contributed by atoms with van der Waals surface area (Å²) in [4.78, 5) is 2.45. The van der Waals surface area contributed by atoms with Crippen LogP contribution < -0.4 is 4.90 Å². The molecular weight excluding hydrogens is 583 g/mol. The summed E-state index contributed by atoms with van der Waals surface area (Å²) in [5.41, 5.74) is 15.0. The van der Waals surface area contributed by atoms with Crippen molar-refractivity contribution in [3.05, 3.63) is 181 Å². The molecule has 0 spiro atoms. The van der Waals surface area contributed by atoms with E-state index in [-0.39, 0.29) is 0 Å². The van der Waals surface area contributed by atoms with Crippen LogP contribution in [0.15, 0.2) is 174 Å². The predicted molar refractivity (Wildman–Crippen MR) is 202 cm³/mol. The summed E-state index contributed by atoms with van der Waals surface area (Å²) in [5, 5.41) is 2.30. The molecule has 0 unspecified atom stereocenters. The molecule has 0 atom stereocenters. The zero-order chi connectivity index (χ0) is 31.9. The lowest BCUT2D eigenvalue weighted by Gasteiger charge is -2.31. The van der Waals surface area contributed by atoms with E-state index in [1.807, 2.05) is 6.07 Å².